The largest absolute Gasteiger partial charge is 0.445 e. The van der Waals surface area contributed by atoms with E-state index in [-0.39, 0.29) is 47.7 Å². The SMILES string of the molecule is C=CCOC(=O)N1CC(c2cc(CCc3ccc(Cl)s3)n(C(=O)C(C)(C)C)n2)C1.CC(C)(C)C(=O)n1nc(C2CN(C(=O)N3CCOCC3)C2)cc1CCc1ccc(Cl)s1.O=C(Cl)N1CCOCC1. The van der Waals surface area contributed by atoms with Gasteiger partial charge in [0, 0.05) is 96.2 Å². The molecule has 4 fully saturated rings. The molecule has 0 saturated carbocycles. The van der Waals surface area contributed by atoms with E-state index >= 15 is 0 Å². The van der Waals surface area contributed by atoms with Gasteiger partial charge in [0.2, 0.25) is 0 Å². The third-order valence-electron chi connectivity index (χ3n) is 11.8. The van der Waals surface area contributed by atoms with Gasteiger partial charge in [-0.3, -0.25) is 14.4 Å². The predicted octanol–water partition coefficient (Wildman–Crippen LogP) is 9.39. The van der Waals surface area contributed by atoms with Crippen molar-refractivity contribution >= 4 is 86.8 Å². The molecule has 8 rings (SSSR count). The zero-order valence-corrected chi connectivity index (χ0v) is 44.1. The minimum Gasteiger partial charge on any atom is -0.445 e. The molecule has 0 unspecified atom stereocenters. The van der Waals surface area contributed by atoms with Gasteiger partial charge in [-0.1, -0.05) is 77.4 Å². The minimum absolute atomic E-state index is 0.0152. The number of likely N-dealkylation sites (tertiary alicyclic amines) is 2. The highest BCUT2D eigenvalue weighted by Crippen LogP contribution is 2.32. The van der Waals surface area contributed by atoms with Gasteiger partial charge in [0.25, 0.3) is 11.8 Å². The Labute approximate surface area is 427 Å². The van der Waals surface area contributed by atoms with Crippen LogP contribution in [0.25, 0.3) is 0 Å². The summed E-state index contributed by atoms with van der Waals surface area (Å²) < 4.78 is 20.0. The average molecular weight is 1050 g/mol. The van der Waals surface area contributed by atoms with Gasteiger partial charge < -0.3 is 33.8 Å². The second-order valence-corrected chi connectivity index (χ2v) is 23.2. The molecule has 0 N–H and O–H groups in total. The molecule has 69 heavy (non-hydrogen) atoms. The van der Waals surface area contributed by atoms with Crippen molar-refractivity contribution in [1.29, 1.82) is 0 Å². The molecule has 4 aromatic rings. The summed E-state index contributed by atoms with van der Waals surface area (Å²) in [4.78, 5) is 70.2. The number of hydrogen-bond acceptors (Lipinski definition) is 12. The van der Waals surface area contributed by atoms with E-state index < -0.39 is 10.8 Å². The minimum atomic E-state index is -0.537. The Morgan fingerprint density at radius 3 is 1.45 bits per heavy atom. The first-order chi connectivity index (χ1) is 32.7. The lowest BCUT2D eigenvalue weighted by atomic mass is 9.95. The number of carbonyl (C=O) groups is 5. The molecule has 16 nitrogen and oxygen atoms in total. The van der Waals surface area contributed by atoms with Crippen LogP contribution < -0.4 is 0 Å². The maximum absolute atomic E-state index is 13.0. The van der Waals surface area contributed by atoms with Crippen molar-refractivity contribution in [1.82, 2.24) is 39.2 Å². The number of nitrogens with zero attached hydrogens (tertiary/aromatic N) is 8. The molecule has 0 aromatic carbocycles. The molecule has 376 valence electrons. The van der Waals surface area contributed by atoms with Crippen LogP contribution in [-0.2, 0) is 39.9 Å². The Hall–Kier alpha value is -4.30. The second-order valence-electron chi connectivity index (χ2n) is 19.3. The molecule has 4 aliphatic rings. The number of thiophene rings is 2. The van der Waals surface area contributed by atoms with Gasteiger partial charge in [0.05, 0.1) is 46.5 Å². The fourth-order valence-electron chi connectivity index (χ4n) is 7.65. The van der Waals surface area contributed by atoms with Crippen molar-refractivity contribution in [2.75, 3.05) is 85.4 Å². The van der Waals surface area contributed by atoms with Crippen LogP contribution in [0.5, 0.6) is 0 Å². The number of amides is 4. The summed E-state index contributed by atoms with van der Waals surface area (Å²) in [5.41, 5.74) is 2.47. The Bertz CT molecular complexity index is 2410. The summed E-state index contributed by atoms with van der Waals surface area (Å²) in [6, 6.07) is 11.9. The van der Waals surface area contributed by atoms with Crippen LogP contribution in [0.3, 0.4) is 0 Å². The normalized spacial score (nSPS) is 16.7. The lowest BCUT2D eigenvalue weighted by Crippen LogP contribution is -2.56. The Balaban J connectivity index is 0.000000192. The van der Waals surface area contributed by atoms with Crippen LogP contribution in [0.1, 0.15) is 95.5 Å². The molecule has 0 radical (unpaired) electrons. The number of carbonyl (C=O) groups excluding carboxylic acids is 5. The highest BCUT2D eigenvalue weighted by Gasteiger charge is 2.38. The predicted molar refractivity (Wildman–Crippen MR) is 270 cm³/mol. The zero-order valence-electron chi connectivity index (χ0n) is 40.2. The molecular formula is C48H63Cl3N8O8S2. The first kappa shape index (κ1) is 54.0. The molecule has 0 atom stereocenters. The van der Waals surface area contributed by atoms with Crippen LogP contribution in [0.15, 0.2) is 49.1 Å². The van der Waals surface area contributed by atoms with E-state index in [1.54, 1.807) is 47.9 Å². The third-order valence-corrected chi connectivity index (χ3v) is 14.6. The van der Waals surface area contributed by atoms with Gasteiger partial charge >= 0.3 is 17.5 Å². The van der Waals surface area contributed by atoms with Gasteiger partial charge in [-0.25, -0.2) is 19.0 Å². The number of morpholine rings is 2. The van der Waals surface area contributed by atoms with E-state index in [9.17, 15) is 24.0 Å². The summed E-state index contributed by atoms with van der Waals surface area (Å²) in [5, 5.41) is 8.94. The van der Waals surface area contributed by atoms with E-state index in [2.05, 4.69) is 11.7 Å². The Morgan fingerprint density at radius 2 is 1.09 bits per heavy atom. The summed E-state index contributed by atoms with van der Waals surface area (Å²) in [6.45, 7) is 22.4. The van der Waals surface area contributed by atoms with E-state index in [0.717, 1.165) is 50.7 Å². The molecule has 4 saturated heterocycles. The first-order valence-electron chi connectivity index (χ1n) is 23.1. The molecule has 4 amide bonds. The van der Waals surface area contributed by atoms with Crippen LogP contribution in [0.4, 0.5) is 14.4 Å². The van der Waals surface area contributed by atoms with E-state index in [0.29, 0.717) is 85.2 Å². The number of aromatic nitrogens is 4. The fourth-order valence-corrected chi connectivity index (χ4v) is 9.99. The third kappa shape index (κ3) is 14.9. The van der Waals surface area contributed by atoms with Crippen LogP contribution in [0.2, 0.25) is 8.67 Å². The standard InChI is InChI=1S/C22H29ClN4O3S.C21H26ClN3O3S.C5H8ClNO2/c1-22(2,3)20(28)27-16(4-5-17-6-7-19(23)31-17)12-18(24-27)15-13-26(14-15)21(29)25-8-10-30-11-9-25;1-5-10-28-20(27)24-12-14(13-24)17-11-15(6-7-16-8-9-18(22)29-16)25(23-17)19(26)21(2,3)4;6-5(8)7-1-3-9-4-2-7/h6-7,12,15H,4-5,8-11,13-14H2,1-3H3;5,8-9,11,14H,1,6-7,10,12-13H2,2-4H3;1-4H2. The molecule has 21 heteroatoms. The summed E-state index contributed by atoms with van der Waals surface area (Å²) in [7, 11) is 0. The number of hydrogen-bond donors (Lipinski definition) is 0. The second kappa shape index (κ2) is 24.2. The summed E-state index contributed by atoms with van der Waals surface area (Å²) in [6.07, 6.45) is 4.22. The highest BCUT2D eigenvalue weighted by molar-refractivity contribution is 7.16. The number of urea groups is 1. The number of aryl methyl sites for hydroxylation is 4. The molecule has 0 bridgehead atoms. The van der Waals surface area contributed by atoms with Crippen LogP contribution in [0, 0.1) is 10.8 Å². The average Bonchev–Trinajstić information content (AvgIpc) is 4.10. The van der Waals surface area contributed by atoms with Gasteiger partial charge in [0.1, 0.15) is 6.61 Å². The van der Waals surface area contributed by atoms with Gasteiger partial charge in [-0.05, 0) is 73.7 Å². The van der Waals surface area contributed by atoms with E-state index in [1.165, 1.54) is 9.75 Å². The Morgan fingerprint density at radius 1 is 0.667 bits per heavy atom. The van der Waals surface area contributed by atoms with Crippen molar-refractivity contribution in [3.63, 3.8) is 0 Å². The molecular weight excluding hydrogens is 987 g/mol. The quantitative estimate of drug-likeness (QED) is 0.0850. The monoisotopic (exact) mass is 1050 g/mol. The maximum atomic E-state index is 13.0. The number of ether oxygens (including phenoxy) is 3. The fraction of sp³-hybridized carbons (Fsp3) is 0.562. The topological polar surface area (TPSA) is 162 Å². The van der Waals surface area contributed by atoms with Crippen molar-refractivity contribution < 1.29 is 38.2 Å². The van der Waals surface area contributed by atoms with Crippen molar-refractivity contribution in [2.45, 2.75) is 79.1 Å². The van der Waals surface area contributed by atoms with E-state index in [4.69, 9.17) is 54.1 Å². The van der Waals surface area contributed by atoms with Crippen molar-refractivity contribution in [3.05, 3.63) is 90.3 Å². The van der Waals surface area contributed by atoms with Crippen LogP contribution >= 0.6 is 57.5 Å². The van der Waals surface area contributed by atoms with Gasteiger partial charge in [-0.15, -0.1) is 22.7 Å². The molecule has 4 aromatic heterocycles. The lowest BCUT2D eigenvalue weighted by molar-refractivity contribution is 0.0346. The van der Waals surface area contributed by atoms with Gasteiger partial charge in [-0.2, -0.15) is 10.2 Å². The molecule has 0 spiro atoms. The lowest BCUT2D eigenvalue weighted by Gasteiger charge is -2.42. The van der Waals surface area contributed by atoms with Gasteiger partial charge in [0.15, 0.2) is 0 Å². The van der Waals surface area contributed by atoms with E-state index in [1.807, 2.05) is 87.7 Å². The Kier molecular flexibility index (Phi) is 19.0. The number of rotatable bonds is 10. The van der Waals surface area contributed by atoms with Crippen molar-refractivity contribution in [2.24, 2.45) is 10.8 Å². The summed E-state index contributed by atoms with van der Waals surface area (Å²) >= 11 is 20.4. The molecule has 0 aliphatic carbocycles. The number of halogens is 3. The highest BCUT2D eigenvalue weighted by atomic mass is 35.5. The first-order valence-corrected chi connectivity index (χ1v) is 25.9. The van der Waals surface area contributed by atoms with Crippen LogP contribution in [-0.4, -0.2) is 154 Å². The maximum Gasteiger partial charge on any atom is 0.410 e. The smallest absolute Gasteiger partial charge is 0.410 e. The molecule has 4 aliphatic heterocycles. The van der Waals surface area contributed by atoms with Crippen molar-refractivity contribution in [3.8, 4) is 0 Å². The molecule has 8 heterocycles. The summed E-state index contributed by atoms with van der Waals surface area (Å²) in [5.74, 6) is 0.215. The zero-order chi connectivity index (χ0) is 50.0.